The van der Waals surface area contributed by atoms with Crippen LogP contribution in [0, 0.1) is 0 Å². The highest BCUT2D eigenvalue weighted by molar-refractivity contribution is 5.96. The lowest BCUT2D eigenvalue weighted by Gasteiger charge is -2.18. The Morgan fingerprint density at radius 3 is 1.98 bits per heavy atom. The fourth-order valence-corrected chi connectivity index (χ4v) is 5.27. The molecule has 0 aliphatic carbocycles. The van der Waals surface area contributed by atoms with Crippen molar-refractivity contribution in [3.05, 3.63) is 54.1 Å². The number of carbonyl (C=O) groups is 3. The molecule has 1 aliphatic heterocycles. The van der Waals surface area contributed by atoms with Gasteiger partial charge in [-0.1, -0.05) is 63.1 Å². The summed E-state index contributed by atoms with van der Waals surface area (Å²) in [7, 11) is 1.97. The van der Waals surface area contributed by atoms with Crippen molar-refractivity contribution < 1.29 is 14.4 Å². The van der Waals surface area contributed by atoms with E-state index in [1.54, 1.807) is 6.07 Å². The fraction of sp³-hybridized carbons (Fsp3) is 0.545. The molecule has 0 saturated carbocycles. The Bertz CT molecular complexity index is 1090. The van der Waals surface area contributed by atoms with Crippen LogP contribution in [0.25, 0.3) is 0 Å². The smallest absolute Gasteiger partial charge is 0.241 e. The van der Waals surface area contributed by atoms with Crippen LogP contribution in [-0.4, -0.2) is 48.8 Å². The summed E-state index contributed by atoms with van der Waals surface area (Å²) in [5, 5.41) is 8.87. The number of aryl methyl sites for hydroxylation is 1. The quantitative estimate of drug-likeness (QED) is 0.164. The van der Waals surface area contributed by atoms with Crippen LogP contribution in [0.15, 0.2) is 48.5 Å². The van der Waals surface area contributed by atoms with Gasteiger partial charge in [0, 0.05) is 29.9 Å². The molecule has 0 bridgehead atoms. The number of amides is 3. The Kier molecular flexibility index (Phi) is 14.4. The van der Waals surface area contributed by atoms with Gasteiger partial charge in [-0.25, -0.2) is 0 Å². The van der Waals surface area contributed by atoms with Crippen molar-refractivity contribution in [2.75, 3.05) is 36.1 Å². The number of unbranched alkanes of at least 4 members (excludes halogenated alkanes) is 8. The van der Waals surface area contributed by atoms with E-state index < -0.39 is 0 Å². The second kappa shape index (κ2) is 18.3. The maximum absolute atomic E-state index is 12.6. The minimum atomic E-state index is -0.102. The van der Waals surface area contributed by atoms with E-state index >= 15 is 0 Å². The van der Waals surface area contributed by atoms with Gasteiger partial charge in [0.1, 0.15) is 0 Å². The molecule has 0 radical (unpaired) electrons. The maximum Gasteiger partial charge on any atom is 0.241 e. The average Bonchev–Trinajstić information content (AvgIpc) is 3.40. The van der Waals surface area contributed by atoms with E-state index in [4.69, 9.17) is 5.73 Å². The summed E-state index contributed by atoms with van der Waals surface area (Å²) in [5.74, 6) is -0.0514. The Morgan fingerprint density at radius 1 is 0.756 bits per heavy atom. The molecule has 8 nitrogen and oxygen atoms in total. The molecule has 2 aromatic carbocycles. The Hall–Kier alpha value is -3.23. The predicted octanol–water partition coefficient (Wildman–Crippen LogP) is 6.09. The lowest BCUT2D eigenvalue weighted by molar-refractivity contribution is -0.120. The first kappa shape index (κ1) is 32.3. The van der Waals surface area contributed by atoms with E-state index in [2.05, 4.69) is 20.9 Å². The number of nitrogens with two attached hydrogens (primary N) is 1. The molecule has 0 aromatic heterocycles. The molecule has 1 saturated heterocycles. The third kappa shape index (κ3) is 12.4. The third-order valence-corrected chi connectivity index (χ3v) is 7.72. The number of carbonyl (C=O) groups excluding carboxylic acids is 3. The number of likely N-dealkylation sites (tertiary alicyclic amines) is 1. The van der Waals surface area contributed by atoms with Gasteiger partial charge in [-0.3, -0.25) is 19.3 Å². The maximum atomic E-state index is 12.6. The molecule has 1 heterocycles. The van der Waals surface area contributed by atoms with E-state index in [0.717, 1.165) is 56.4 Å². The molecule has 0 spiro atoms. The van der Waals surface area contributed by atoms with Crippen LogP contribution in [0.4, 0.5) is 17.1 Å². The zero-order chi connectivity index (χ0) is 29.3. The van der Waals surface area contributed by atoms with Crippen LogP contribution in [0.3, 0.4) is 0 Å². The van der Waals surface area contributed by atoms with E-state index in [1.165, 1.54) is 38.5 Å². The van der Waals surface area contributed by atoms with E-state index in [0.29, 0.717) is 30.6 Å². The molecular formula is C33H49N5O3. The van der Waals surface area contributed by atoms with Gasteiger partial charge in [-0.2, -0.15) is 0 Å². The predicted molar refractivity (Wildman–Crippen MR) is 168 cm³/mol. The molecule has 3 amide bonds. The minimum absolute atomic E-state index is 0.0102. The van der Waals surface area contributed by atoms with Crippen molar-refractivity contribution in [1.82, 2.24) is 4.90 Å². The number of likely N-dealkylation sites (N-methyl/N-ethyl adjacent to an activating group) is 1. The fourth-order valence-electron chi connectivity index (χ4n) is 5.27. The van der Waals surface area contributed by atoms with Crippen molar-refractivity contribution in [3.63, 3.8) is 0 Å². The lowest BCUT2D eigenvalue weighted by Crippen LogP contribution is -2.37. The molecule has 8 heteroatoms. The SMILES string of the molecule is CN1CCCC1C(=O)Nc1cccc(NC(=O)CCc2ccc(NC(=O)CCCCCCCCCCCN)cc2)c1. The van der Waals surface area contributed by atoms with Gasteiger partial charge in [0.05, 0.1) is 6.04 Å². The topological polar surface area (TPSA) is 117 Å². The first-order valence-electron chi connectivity index (χ1n) is 15.4. The van der Waals surface area contributed by atoms with Gasteiger partial charge >= 0.3 is 0 Å². The van der Waals surface area contributed by atoms with Crippen molar-refractivity contribution in [2.45, 2.75) is 95.9 Å². The first-order valence-corrected chi connectivity index (χ1v) is 15.4. The standard InChI is InChI=1S/C33H49N5O3/c1-38-24-12-15-30(38)33(41)37-29-14-11-13-28(25-29)36-32(40)22-19-26-17-20-27(21-18-26)35-31(39)16-9-7-5-3-2-4-6-8-10-23-34/h11,13-14,17-18,20-21,25,30H,2-10,12,15-16,19,22-24,34H2,1H3,(H,35,39)(H,36,40)(H,37,41). The molecule has 5 N–H and O–H groups in total. The van der Waals surface area contributed by atoms with Crippen molar-refractivity contribution >= 4 is 34.8 Å². The molecule has 1 unspecified atom stereocenters. The zero-order valence-electron chi connectivity index (χ0n) is 24.8. The normalized spacial score (nSPS) is 15.0. The Morgan fingerprint density at radius 2 is 1.34 bits per heavy atom. The van der Waals surface area contributed by atoms with Crippen molar-refractivity contribution in [1.29, 1.82) is 0 Å². The monoisotopic (exact) mass is 563 g/mol. The summed E-state index contributed by atoms with van der Waals surface area (Å²) in [6.45, 7) is 1.73. The zero-order valence-corrected chi connectivity index (χ0v) is 24.8. The first-order chi connectivity index (χ1) is 19.9. The summed E-state index contributed by atoms with van der Waals surface area (Å²) < 4.78 is 0. The number of hydrogen-bond donors (Lipinski definition) is 4. The third-order valence-electron chi connectivity index (χ3n) is 7.72. The second-order valence-electron chi connectivity index (χ2n) is 11.2. The Balaban J connectivity index is 1.29. The number of nitrogens with one attached hydrogen (secondary N) is 3. The van der Waals surface area contributed by atoms with E-state index in [1.807, 2.05) is 49.5 Å². The summed E-state index contributed by atoms with van der Waals surface area (Å²) >= 11 is 0. The van der Waals surface area contributed by atoms with Gasteiger partial charge in [0.25, 0.3) is 0 Å². The van der Waals surface area contributed by atoms with Crippen LogP contribution in [0.1, 0.15) is 89.0 Å². The molecule has 1 fully saturated rings. The average molecular weight is 564 g/mol. The number of rotatable bonds is 18. The lowest BCUT2D eigenvalue weighted by atomic mass is 10.1. The summed E-state index contributed by atoms with van der Waals surface area (Å²) in [6.07, 6.45) is 14.0. The minimum Gasteiger partial charge on any atom is -0.330 e. The highest BCUT2D eigenvalue weighted by Gasteiger charge is 2.27. The van der Waals surface area contributed by atoms with Gasteiger partial charge in [-0.05, 0) is 88.1 Å². The van der Waals surface area contributed by atoms with Crippen LogP contribution >= 0.6 is 0 Å². The summed E-state index contributed by atoms with van der Waals surface area (Å²) in [6, 6.07) is 14.8. The van der Waals surface area contributed by atoms with Crippen molar-refractivity contribution in [2.24, 2.45) is 5.73 Å². The molecule has 1 aliphatic rings. The molecule has 2 aromatic rings. The number of hydrogen-bond acceptors (Lipinski definition) is 5. The second-order valence-corrected chi connectivity index (χ2v) is 11.2. The molecule has 3 rings (SSSR count). The molecular weight excluding hydrogens is 514 g/mol. The van der Waals surface area contributed by atoms with Crippen LogP contribution in [-0.2, 0) is 20.8 Å². The van der Waals surface area contributed by atoms with E-state index in [-0.39, 0.29) is 23.8 Å². The number of benzene rings is 2. The summed E-state index contributed by atoms with van der Waals surface area (Å²) in [5.41, 5.74) is 8.66. The summed E-state index contributed by atoms with van der Waals surface area (Å²) in [4.78, 5) is 39.5. The van der Waals surface area contributed by atoms with Crippen LogP contribution < -0.4 is 21.7 Å². The van der Waals surface area contributed by atoms with Gasteiger partial charge in [0.15, 0.2) is 0 Å². The molecule has 1 atom stereocenters. The van der Waals surface area contributed by atoms with Crippen molar-refractivity contribution in [3.8, 4) is 0 Å². The largest absolute Gasteiger partial charge is 0.330 e. The van der Waals surface area contributed by atoms with Crippen LogP contribution in [0.2, 0.25) is 0 Å². The van der Waals surface area contributed by atoms with E-state index in [9.17, 15) is 14.4 Å². The highest BCUT2D eigenvalue weighted by Crippen LogP contribution is 2.20. The van der Waals surface area contributed by atoms with Gasteiger partial charge in [-0.15, -0.1) is 0 Å². The van der Waals surface area contributed by atoms with Crippen LogP contribution in [0.5, 0.6) is 0 Å². The van der Waals surface area contributed by atoms with Gasteiger partial charge in [0.2, 0.25) is 17.7 Å². The molecule has 224 valence electrons. The molecule has 41 heavy (non-hydrogen) atoms. The number of anilines is 3. The highest BCUT2D eigenvalue weighted by atomic mass is 16.2. The van der Waals surface area contributed by atoms with Gasteiger partial charge < -0.3 is 21.7 Å². The Labute approximate surface area is 245 Å². The number of nitrogens with zero attached hydrogens (tertiary/aromatic N) is 1.